The van der Waals surface area contributed by atoms with Crippen molar-refractivity contribution in [2.75, 3.05) is 6.54 Å². The van der Waals surface area contributed by atoms with Crippen LogP contribution in [0.3, 0.4) is 0 Å². The molecule has 1 rings (SSSR count). The van der Waals surface area contributed by atoms with E-state index >= 15 is 0 Å². The number of rotatable bonds is 2. The van der Waals surface area contributed by atoms with Crippen LogP contribution in [0.2, 0.25) is 0 Å². The molecule has 0 saturated carbocycles. The molecule has 1 heterocycles. The Morgan fingerprint density at radius 1 is 1.24 bits per heavy atom. The van der Waals surface area contributed by atoms with Gasteiger partial charge in [-0.25, -0.2) is 4.79 Å². The van der Waals surface area contributed by atoms with Crippen molar-refractivity contribution in [2.24, 2.45) is 0 Å². The zero-order valence-corrected chi connectivity index (χ0v) is 12.8. The zero-order valence-electron chi connectivity index (χ0n) is 11.9. The van der Waals surface area contributed by atoms with E-state index in [1.807, 2.05) is 0 Å². The predicted molar refractivity (Wildman–Crippen MR) is 66.3 cm³/mol. The maximum Gasteiger partial charge on any atom is 0.534 e. The van der Waals surface area contributed by atoms with Gasteiger partial charge >= 0.3 is 21.7 Å². The molecule has 0 N–H and O–H groups in total. The number of alkyl halides is 3. The smallest absolute Gasteiger partial charge is 0.443 e. The van der Waals surface area contributed by atoms with Gasteiger partial charge in [0.25, 0.3) is 0 Å². The van der Waals surface area contributed by atoms with Crippen molar-refractivity contribution in [3.05, 3.63) is 11.5 Å². The normalized spacial score (nSPS) is 17.2. The van der Waals surface area contributed by atoms with E-state index in [0.29, 0.717) is 0 Å². The number of allylic oxidation sites excluding steroid dienone is 1. The maximum atomic E-state index is 12.3. The summed E-state index contributed by atoms with van der Waals surface area (Å²) in [7, 11) is -5.73. The highest BCUT2D eigenvalue weighted by Crippen LogP contribution is 2.32. The third-order valence-electron chi connectivity index (χ3n) is 2.48. The van der Waals surface area contributed by atoms with Crippen LogP contribution in [0.4, 0.5) is 18.0 Å². The fourth-order valence-corrected chi connectivity index (χ4v) is 2.10. The van der Waals surface area contributed by atoms with Gasteiger partial charge in [0.2, 0.25) is 0 Å². The molecular weight excluding hydrogens is 315 g/mol. The molecule has 10 heteroatoms. The Kier molecular flexibility index (Phi) is 4.52. The minimum atomic E-state index is -5.73. The summed E-state index contributed by atoms with van der Waals surface area (Å²) in [5.74, 6) is -0.418. The van der Waals surface area contributed by atoms with Gasteiger partial charge in [-0.05, 0) is 27.7 Å². The second kappa shape index (κ2) is 5.39. The first-order valence-electron chi connectivity index (χ1n) is 5.95. The minimum Gasteiger partial charge on any atom is -0.443 e. The van der Waals surface area contributed by atoms with Gasteiger partial charge in [0.15, 0.2) is 0 Å². The monoisotopic (exact) mass is 331 g/mol. The summed E-state index contributed by atoms with van der Waals surface area (Å²) in [6, 6.07) is 0. The molecule has 0 aromatic heterocycles. The van der Waals surface area contributed by atoms with Gasteiger partial charge in [-0.3, -0.25) is 4.90 Å². The number of amides is 1. The average molecular weight is 331 g/mol. The molecule has 0 saturated heterocycles. The van der Waals surface area contributed by atoms with Crippen LogP contribution in [0.15, 0.2) is 11.5 Å². The summed E-state index contributed by atoms with van der Waals surface area (Å²) < 4.78 is 67.8. The van der Waals surface area contributed by atoms with Crippen molar-refractivity contribution in [1.82, 2.24) is 4.90 Å². The van der Waals surface area contributed by atoms with Gasteiger partial charge in [-0.1, -0.05) is 0 Å². The van der Waals surface area contributed by atoms with Crippen molar-refractivity contribution in [1.29, 1.82) is 0 Å². The number of hydrogen-bond acceptors (Lipinski definition) is 5. The molecule has 0 spiro atoms. The molecule has 0 bridgehead atoms. The van der Waals surface area contributed by atoms with E-state index in [2.05, 4.69) is 4.18 Å². The van der Waals surface area contributed by atoms with Crippen LogP contribution in [-0.4, -0.2) is 37.1 Å². The summed E-state index contributed by atoms with van der Waals surface area (Å²) in [6.45, 7) is 6.17. The molecule has 0 fully saturated rings. The van der Waals surface area contributed by atoms with Crippen molar-refractivity contribution in [3.8, 4) is 0 Å². The lowest BCUT2D eigenvalue weighted by atomic mass is 10.2. The molecule has 0 unspecified atom stereocenters. The molecule has 0 aliphatic carbocycles. The SMILES string of the molecule is CC1=C(OS(=O)(=O)C(F)(F)F)CCN1C(=O)OC(C)(C)C. The number of nitrogens with zero attached hydrogens (tertiary/aromatic N) is 1. The first-order valence-corrected chi connectivity index (χ1v) is 7.36. The van der Waals surface area contributed by atoms with E-state index < -0.39 is 33.1 Å². The summed E-state index contributed by atoms with van der Waals surface area (Å²) >= 11 is 0. The highest BCUT2D eigenvalue weighted by Gasteiger charge is 2.49. The Bertz CT molecular complexity index is 559. The van der Waals surface area contributed by atoms with Crippen LogP contribution in [0.5, 0.6) is 0 Å². The Morgan fingerprint density at radius 2 is 1.76 bits per heavy atom. The van der Waals surface area contributed by atoms with Crippen LogP contribution in [-0.2, 0) is 19.0 Å². The van der Waals surface area contributed by atoms with Gasteiger partial charge in [-0.15, -0.1) is 0 Å². The molecule has 1 aliphatic heterocycles. The average Bonchev–Trinajstić information content (AvgIpc) is 2.55. The summed E-state index contributed by atoms with van der Waals surface area (Å²) in [5, 5.41) is 0. The van der Waals surface area contributed by atoms with Gasteiger partial charge in [0.1, 0.15) is 11.4 Å². The first kappa shape index (κ1) is 17.6. The molecule has 122 valence electrons. The number of ether oxygens (including phenoxy) is 1. The van der Waals surface area contributed by atoms with Gasteiger partial charge in [-0.2, -0.15) is 21.6 Å². The zero-order chi connectivity index (χ0) is 16.6. The molecule has 0 aromatic carbocycles. The fourth-order valence-electron chi connectivity index (χ4n) is 1.54. The molecule has 0 aromatic rings. The lowest BCUT2D eigenvalue weighted by molar-refractivity contribution is -0.0523. The Hall–Kier alpha value is -1.45. The van der Waals surface area contributed by atoms with Crippen LogP contribution in [0.25, 0.3) is 0 Å². The number of halogens is 3. The van der Waals surface area contributed by atoms with E-state index in [1.165, 1.54) is 6.92 Å². The standard InChI is InChI=1S/C11H16F3NO5S/c1-7-8(20-21(17,18)11(12,13)14)5-6-15(7)9(16)19-10(2,3)4/h5-6H2,1-4H3. The van der Waals surface area contributed by atoms with Crippen molar-refractivity contribution in [3.63, 3.8) is 0 Å². The van der Waals surface area contributed by atoms with Crippen molar-refractivity contribution < 1.29 is 35.3 Å². The Morgan fingerprint density at radius 3 is 2.19 bits per heavy atom. The second-order valence-electron chi connectivity index (χ2n) is 5.37. The topological polar surface area (TPSA) is 72.9 Å². The highest BCUT2D eigenvalue weighted by molar-refractivity contribution is 7.87. The molecule has 6 nitrogen and oxygen atoms in total. The minimum absolute atomic E-state index is 0.0105. The van der Waals surface area contributed by atoms with E-state index in [0.717, 1.165) is 4.90 Å². The Labute approximate surface area is 120 Å². The molecule has 0 atom stereocenters. The predicted octanol–water partition coefficient (Wildman–Crippen LogP) is 2.72. The number of carbonyl (C=O) groups is 1. The van der Waals surface area contributed by atoms with Crippen LogP contribution < -0.4 is 0 Å². The van der Waals surface area contributed by atoms with E-state index in [9.17, 15) is 26.4 Å². The quantitative estimate of drug-likeness (QED) is 0.575. The van der Waals surface area contributed by atoms with E-state index in [1.54, 1.807) is 20.8 Å². The van der Waals surface area contributed by atoms with Crippen molar-refractivity contribution >= 4 is 16.2 Å². The number of carbonyl (C=O) groups excluding carboxylic acids is 1. The van der Waals surface area contributed by atoms with E-state index in [-0.39, 0.29) is 18.7 Å². The first-order chi connectivity index (χ1) is 9.24. The molecule has 0 radical (unpaired) electrons. The van der Waals surface area contributed by atoms with Crippen molar-refractivity contribution in [2.45, 2.75) is 45.2 Å². The molecule has 1 amide bonds. The van der Waals surface area contributed by atoms with Gasteiger partial charge in [0, 0.05) is 13.0 Å². The van der Waals surface area contributed by atoms with E-state index in [4.69, 9.17) is 4.74 Å². The third kappa shape index (κ3) is 4.26. The summed E-state index contributed by atoms with van der Waals surface area (Å²) in [5.41, 5.74) is -6.31. The fraction of sp³-hybridized carbons (Fsp3) is 0.727. The summed E-state index contributed by atoms with van der Waals surface area (Å²) in [4.78, 5) is 12.9. The second-order valence-corrected chi connectivity index (χ2v) is 6.91. The highest BCUT2D eigenvalue weighted by atomic mass is 32.2. The Balaban J connectivity index is 2.91. The lowest BCUT2D eigenvalue weighted by Crippen LogP contribution is -2.34. The molecule has 1 aliphatic rings. The number of hydrogen-bond donors (Lipinski definition) is 0. The maximum absolute atomic E-state index is 12.3. The third-order valence-corrected chi connectivity index (χ3v) is 3.47. The van der Waals surface area contributed by atoms with Crippen LogP contribution in [0.1, 0.15) is 34.1 Å². The summed E-state index contributed by atoms with van der Waals surface area (Å²) in [6.07, 6.45) is -0.913. The lowest BCUT2D eigenvalue weighted by Gasteiger charge is -2.24. The largest absolute Gasteiger partial charge is 0.534 e. The van der Waals surface area contributed by atoms with Crippen LogP contribution >= 0.6 is 0 Å². The van der Waals surface area contributed by atoms with Gasteiger partial charge in [0.05, 0.1) is 5.70 Å². The molecule has 21 heavy (non-hydrogen) atoms. The van der Waals surface area contributed by atoms with Gasteiger partial charge < -0.3 is 8.92 Å². The van der Waals surface area contributed by atoms with Crippen LogP contribution in [0, 0.1) is 0 Å². The molecular formula is C11H16F3NO5S.